The lowest BCUT2D eigenvalue weighted by atomic mass is 10.1. The van der Waals surface area contributed by atoms with Crippen molar-refractivity contribution < 1.29 is 13.2 Å². The first-order chi connectivity index (χ1) is 12.0. The fourth-order valence-corrected chi connectivity index (χ4v) is 4.25. The summed E-state index contributed by atoms with van der Waals surface area (Å²) in [6, 6.07) is 0. The first-order valence-corrected chi connectivity index (χ1v) is 9.53. The number of aromatic nitrogens is 1. The summed E-state index contributed by atoms with van der Waals surface area (Å²) in [7, 11) is 1.71. The van der Waals surface area contributed by atoms with Gasteiger partial charge in [0.15, 0.2) is 11.7 Å². The van der Waals surface area contributed by atoms with Crippen molar-refractivity contribution in [3.05, 3.63) is 16.1 Å². The number of halogens is 3. The van der Waals surface area contributed by atoms with Crippen LogP contribution in [0.25, 0.3) is 0 Å². The lowest BCUT2D eigenvalue weighted by Crippen LogP contribution is -2.40. The Kier molecular flexibility index (Phi) is 5.83. The zero-order chi connectivity index (χ0) is 17.9. The summed E-state index contributed by atoms with van der Waals surface area (Å²) in [5.41, 5.74) is -0.823. The molecule has 0 bridgehead atoms. The van der Waals surface area contributed by atoms with Gasteiger partial charge in [0, 0.05) is 32.1 Å². The molecule has 0 aromatic carbocycles. The third kappa shape index (κ3) is 4.84. The van der Waals surface area contributed by atoms with Crippen LogP contribution in [0.2, 0.25) is 0 Å². The van der Waals surface area contributed by atoms with Crippen LogP contribution >= 0.6 is 11.3 Å². The highest BCUT2D eigenvalue weighted by atomic mass is 32.1. The maximum Gasteiger partial charge on any atom is 0.434 e. The van der Waals surface area contributed by atoms with Gasteiger partial charge in [-0.25, -0.2) is 4.98 Å². The molecule has 1 atom stereocenters. The second-order valence-electron chi connectivity index (χ2n) is 6.63. The number of hydrogen-bond acceptors (Lipinski definition) is 4. The Bertz CT molecular complexity index is 595. The van der Waals surface area contributed by atoms with Crippen molar-refractivity contribution in [1.29, 1.82) is 0 Å². The molecule has 2 aliphatic heterocycles. The normalized spacial score (nSPS) is 22.8. The first-order valence-electron chi connectivity index (χ1n) is 8.65. The third-order valence-corrected chi connectivity index (χ3v) is 5.60. The molecule has 3 rings (SSSR count). The van der Waals surface area contributed by atoms with E-state index in [1.54, 1.807) is 7.05 Å². The van der Waals surface area contributed by atoms with Crippen LogP contribution in [0.3, 0.4) is 0 Å². The Morgan fingerprint density at radius 2 is 2.12 bits per heavy atom. The minimum absolute atomic E-state index is 0.265. The molecule has 1 aromatic heterocycles. The van der Waals surface area contributed by atoms with E-state index in [9.17, 15) is 13.2 Å². The van der Waals surface area contributed by atoms with E-state index in [-0.39, 0.29) is 6.54 Å². The van der Waals surface area contributed by atoms with E-state index in [1.165, 1.54) is 25.9 Å². The molecule has 0 radical (unpaired) electrons. The van der Waals surface area contributed by atoms with Crippen LogP contribution in [0, 0.1) is 5.92 Å². The lowest BCUT2D eigenvalue weighted by Gasteiger charge is -2.23. The molecule has 0 amide bonds. The molecule has 2 saturated heterocycles. The van der Waals surface area contributed by atoms with Gasteiger partial charge in [-0.05, 0) is 38.3 Å². The molecule has 5 nitrogen and oxygen atoms in total. The lowest BCUT2D eigenvalue weighted by molar-refractivity contribution is -0.140. The molecule has 3 heterocycles. The van der Waals surface area contributed by atoms with Gasteiger partial charge < -0.3 is 15.1 Å². The van der Waals surface area contributed by atoms with Gasteiger partial charge in [-0.1, -0.05) is 0 Å². The maximum atomic E-state index is 12.6. The molecule has 2 fully saturated rings. The summed E-state index contributed by atoms with van der Waals surface area (Å²) in [5.74, 6) is 1.38. The van der Waals surface area contributed by atoms with E-state index in [1.807, 2.05) is 0 Å². The summed E-state index contributed by atoms with van der Waals surface area (Å²) < 4.78 is 37.8. The fourth-order valence-electron chi connectivity index (χ4n) is 3.51. The predicted molar refractivity (Wildman–Crippen MR) is 92.7 cm³/mol. The molecule has 0 aliphatic carbocycles. The van der Waals surface area contributed by atoms with E-state index < -0.39 is 11.9 Å². The average Bonchev–Trinajstić information content (AvgIpc) is 3.29. The molecular formula is C16H24F3N5S. The number of hydrogen-bond donors (Lipinski definition) is 1. The molecule has 0 spiro atoms. The van der Waals surface area contributed by atoms with E-state index in [4.69, 9.17) is 0 Å². The molecule has 25 heavy (non-hydrogen) atoms. The second-order valence-corrected chi connectivity index (χ2v) is 7.58. The van der Waals surface area contributed by atoms with Gasteiger partial charge in [0.1, 0.15) is 5.01 Å². The Balaban J connectivity index is 1.49. The van der Waals surface area contributed by atoms with E-state index in [0.29, 0.717) is 10.9 Å². The van der Waals surface area contributed by atoms with Crippen LogP contribution in [0.5, 0.6) is 0 Å². The monoisotopic (exact) mass is 375 g/mol. The molecule has 1 unspecified atom stereocenters. The van der Waals surface area contributed by atoms with Crippen molar-refractivity contribution >= 4 is 17.3 Å². The van der Waals surface area contributed by atoms with Crippen LogP contribution in [0.15, 0.2) is 10.4 Å². The van der Waals surface area contributed by atoms with Crippen LogP contribution in [0.4, 0.5) is 13.2 Å². The van der Waals surface area contributed by atoms with E-state index in [2.05, 4.69) is 25.1 Å². The summed E-state index contributed by atoms with van der Waals surface area (Å²) in [6.07, 6.45) is -0.651. The van der Waals surface area contributed by atoms with Crippen LogP contribution in [-0.4, -0.2) is 60.5 Å². The molecule has 1 aromatic rings. The fraction of sp³-hybridized carbons (Fsp3) is 0.750. The van der Waals surface area contributed by atoms with Crippen molar-refractivity contribution in [2.75, 3.05) is 39.8 Å². The Hall–Kier alpha value is -1.35. The highest BCUT2D eigenvalue weighted by molar-refractivity contribution is 7.09. The molecule has 0 saturated carbocycles. The van der Waals surface area contributed by atoms with Crippen molar-refractivity contribution in [3.63, 3.8) is 0 Å². The largest absolute Gasteiger partial charge is 0.434 e. The average molecular weight is 375 g/mol. The van der Waals surface area contributed by atoms with Crippen LogP contribution in [-0.2, 0) is 12.7 Å². The Morgan fingerprint density at radius 1 is 1.36 bits per heavy atom. The second kappa shape index (κ2) is 7.90. The summed E-state index contributed by atoms with van der Waals surface area (Å²) in [6.45, 7) is 5.69. The first kappa shape index (κ1) is 18.4. The van der Waals surface area contributed by atoms with Crippen LogP contribution in [0.1, 0.15) is 30.0 Å². The number of nitrogens with one attached hydrogen (secondary N) is 1. The minimum atomic E-state index is -4.38. The van der Waals surface area contributed by atoms with Gasteiger partial charge in [-0.15, -0.1) is 11.3 Å². The van der Waals surface area contributed by atoms with Crippen molar-refractivity contribution in [1.82, 2.24) is 20.1 Å². The van der Waals surface area contributed by atoms with Crippen molar-refractivity contribution in [3.8, 4) is 0 Å². The third-order valence-electron chi connectivity index (χ3n) is 4.75. The van der Waals surface area contributed by atoms with Gasteiger partial charge in [0.2, 0.25) is 0 Å². The number of rotatable bonds is 4. The molecule has 2 aliphatic rings. The Morgan fingerprint density at radius 3 is 2.76 bits per heavy atom. The topological polar surface area (TPSA) is 43.8 Å². The number of likely N-dealkylation sites (tertiary alicyclic amines) is 2. The molecule has 1 N–H and O–H groups in total. The SMILES string of the molecule is CN=C(NCc1nc(C(F)(F)F)cs1)N1CCC(CN2CCCC2)C1. The van der Waals surface area contributed by atoms with Crippen LogP contribution < -0.4 is 5.32 Å². The predicted octanol–water partition coefficient (Wildman–Crippen LogP) is 2.66. The minimum Gasteiger partial charge on any atom is -0.350 e. The number of thiazole rings is 1. The number of nitrogens with zero attached hydrogens (tertiary/aromatic N) is 4. The van der Waals surface area contributed by atoms with Gasteiger partial charge in [0.25, 0.3) is 0 Å². The molecule has 9 heteroatoms. The maximum absolute atomic E-state index is 12.6. The number of guanidine groups is 1. The molecule has 140 valence electrons. The number of aliphatic imine (C=N–C) groups is 1. The van der Waals surface area contributed by atoms with Crippen molar-refractivity contribution in [2.24, 2.45) is 10.9 Å². The zero-order valence-electron chi connectivity index (χ0n) is 14.3. The summed E-state index contributed by atoms with van der Waals surface area (Å²) in [5, 5.41) is 4.62. The highest BCUT2D eigenvalue weighted by Crippen LogP contribution is 2.30. The summed E-state index contributed by atoms with van der Waals surface area (Å²) >= 11 is 1.02. The van der Waals surface area contributed by atoms with Gasteiger partial charge in [0.05, 0.1) is 6.54 Å². The highest BCUT2D eigenvalue weighted by Gasteiger charge is 2.33. The van der Waals surface area contributed by atoms with Crippen molar-refractivity contribution in [2.45, 2.75) is 32.0 Å². The molecular weight excluding hydrogens is 351 g/mol. The van der Waals surface area contributed by atoms with E-state index >= 15 is 0 Å². The van der Waals surface area contributed by atoms with Gasteiger partial charge >= 0.3 is 6.18 Å². The zero-order valence-corrected chi connectivity index (χ0v) is 15.2. The smallest absolute Gasteiger partial charge is 0.350 e. The van der Waals surface area contributed by atoms with Gasteiger partial charge in [-0.3, -0.25) is 4.99 Å². The Labute approximate surface area is 149 Å². The quantitative estimate of drug-likeness (QED) is 0.649. The summed E-state index contributed by atoms with van der Waals surface area (Å²) in [4.78, 5) is 12.6. The standard InChI is InChI=1S/C16H24F3N5S/c1-20-15(21-8-14-22-13(11-25-14)16(17,18)19)24-7-4-12(10-24)9-23-5-2-3-6-23/h11-12H,2-10H2,1H3,(H,20,21). The number of alkyl halides is 3. The van der Waals surface area contributed by atoms with E-state index in [0.717, 1.165) is 48.7 Å². The van der Waals surface area contributed by atoms with Gasteiger partial charge in [-0.2, -0.15) is 13.2 Å².